The van der Waals surface area contributed by atoms with Crippen molar-refractivity contribution in [3.8, 4) is 0 Å². The van der Waals surface area contributed by atoms with Crippen LogP contribution in [-0.4, -0.2) is 9.97 Å². The molecular weight excluding hydrogens is 200 g/mol. The molecule has 0 bridgehead atoms. The van der Waals surface area contributed by atoms with E-state index < -0.39 is 0 Å². The first-order valence-corrected chi connectivity index (χ1v) is 5.83. The van der Waals surface area contributed by atoms with Crippen molar-refractivity contribution in [2.45, 2.75) is 20.3 Å². The molecule has 0 atom stereocenters. The molecule has 4 heteroatoms. The van der Waals surface area contributed by atoms with Gasteiger partial charge in [-0.25, -0.2) is 4.98 Å². The fraction of sp³-hybridized carbons (Fsp3) is 0.333. The quantitative estimate of drug-likeness (QED) is 0.725. The summed E-state index contributed by atoms with van der Waals surface area (Å²) < 4.78 is 0. The van der Waals surface area contributed by atoms with Crippen molar-refractivity contribution < 1.29 is 0 Å². The molecule has 0 fully saturated rings. The topological polar surface area (TPSA) is 25.8 Å². The van der Waals surface area contributed by atoms with E-state index in [-0.39, 0.29) is 0 Å². The van der Waals surface area contributed by atoms with E-state index in [1.807, 2.05) is 23.9 Å². The molecule has 0 saturated carbocycles. The zero-order valence-corrected chi connectivity index (χ0v) is 9.36. The Balaban J connectivity index is 0.000000132. The molecule has 0 N–H and O–H groups in total. The van der Waals surface area contributed by atoms with Crippen LogP contribution in [0.15, 0.2) is 23.2 Å². The molecule has 0 radical (unpaired) electrons. The highest BCUT2D eigenvalue weighted by molar-refractivity contribution is 7.09. The average Bonchev–Trinajstić information content (AvgIpc) is 2.76. The summed E-state index contributed by atoms with van der Waals surface area (Å²) in [5.74, 6) is 0. The summed E-state index contributed by atoms with van der Waals surface area (Å²) in [5.41, 5.74) is 0. The molecule has 70 valence electrons. The lowest BCUT2D eigenvalue weighted by atomic mass is 10.5. The molecule has 0 aromatic carbocycles. The van der Waals surface area contributed by atoms with Gasteiger partial charge >= 0.3 is 0 Å². The second-order valence-corrected chi connectivity index (χ2v) is 4.41. The van der Waals surface area contributed by atoms with E-state index in [9.17, 15) is 0 Å². The Labute approximate surface area is 86.3 Å². The molecule has 2 aromatic heterocycles. The van der Waals surface area contributed by atoms with Crippen molar-refractivity contribution in [3.63, 3.8) is 0 Å². The van der Waals surface area contributed by atoms with E-state index in [1.54, 1.807) is 28.9 Å². The predicted molar refractivity (Wildman–Crippen MR) is 58.3 cm³/mol. The zero-order valence-electron chi connectivity index (χ0n) is 7.73. The van der Waals surface area contributed by atoms with Crippen LogP contribution < -0.4 is 0 Å². The number of aromatic nitrogens is 2. The fourth-order valence-electron chi connectivity index (χ4n) is 0.722. The molecule has 2 nitrogen and oxygen atoms in total. The smallest absolute Gasteiger partial charge is 0.0922 e. The zero-order chi connectivity index (χ0) is 9.52. The molecule has 13 heavy (non-hydrogen) atoms. The highest BCUT2D eigenvalue weighted by Gasteiger charge is 1.84. The standard InChI is InChI=1S/C5H7NS.C4H5NS/c1-2-5-6-3-4-7-5;1-4-5-2-3-6-4/h3-4H,2H2,1H3;2-3H,1H3. The number of hydrogen-bond donors (Lipinski definition) is 0. The van der Waals surface area contributed by atoms with Crippen LogP contribution in [0.5, 0.6) is 0 Å². The maximum Gasteiger partial charge on any atom is 0.0922 e. The van der Waals surface area contributed by atoms with Gasteiger partial charge in [0.15, 0.2) is 0 Å². The van der Waals surface area contributed by atoms with E-state index in [2.05, 4.69) is 16.9 Å². The summed E-state index contributed by atoms with van der Waals surface area (Å²) in [7, 11) is 0. The van der Waals surface area contributed by atoms with Crippen LogP contribution in [0.3, 0.4) is 0 Å². The second-order valence-electron chi connectivity index (χ2n) is 2.33. The first-order valence-electron chi connectivity index (χ1n) is 4.07. The lowest BCUT2D eigenvalue weighted by Crippen LogP contribution is -1.70. The molecule has 0 spiro atoms. The molecular formula is C9H12N2S2. The molecule has 2 heterocycles. The van der Waals surface area contributed by atoms with Crippen LogP contribution in [0, 0.1) is 6.92 Å². The summed E-state index contributed by atoms with van der Waals surface area (Å²) >= 11 is 3.38. The normalized spacial score (nSPS) is 9.08. The lowest BCUT2D eigenvalue weighted by molar-refractivity contribution is 1.09. The average molecular weight is 212 g/mol. The Hall–Kier alpha value is -0.740. The van der Waals surface area contributed by atoms with Gasteiger partial charge in [-0.05, 0) is 13.3 Å². The lowest BCUT2D eigenvalue weighted by Gasteiger charge is -1.77. The minimum absolute atomic E-state index is 1.07. The van der Waals surface area contributed by atoms with E-state index >= 15 is 0 Å². The monoisotopic (exact) mass is 212 g/mol. The van der Waals surface area contributed by atoms with Gasteiger partial charge in [0, 0.05) is 23.2 Å². The molecule has 0 unspecified atom stereocenters. The van der Waals surface area contributed by atoms with Gasteiger partial charge in [0.05, 0.1) is 10.0 Å². The van der Waals surface area contributed by atoms with Crippen LogP contribution in [0.4, 0.5) is 0 Å². The Bertz CT molecular complexity index is 300. The van der Waals surface area contributed by atoms with Crippen molar-refractivity contribution in [2.75, 3.05) is 0 Å². The third-order valence-corrected chi connectivity index (χ3v) is 2.97. The van der Waals surface area contributed by atoms with Crippen molar-refractivity contribution in [3.05, 3.63) is 33.2 Å². The van der Waals surface area contributed by atoms with Crippen LogP contribution in [0.1, 0.15) is 16.9 Å². The minimum Gasteiger partial charge on any atom is -0.250 e. The van der Waals surface area contributed by atoms with Gasteiger partial charge in [0.2, 0.25) is 0 Å². The van der Waals surface area contributed by atoms with Crippen molar-refractivity contribution in [1.82, 2.24) is 9.97 Å². The van der Waals surface area contributed by atoms with E-state index in [1.165, 1.54) is 5.01 Å². The summed E-state index contributed by atoms with van der Waals surface area (Å²) in [5, 5.41) is 6.32. The van der Waals surface area contributed by atoms with E-state index in [4.69, 9.17) is 0 Å². The Morgan fingerprint density at radius 2 is 1.85 bits per heavy atom. The van der Waals surface area contributed by atoms with Gasteiger partial charge in [-0.3, -0.25) is 4.98 Å². The summed E-state index contributed by atoms with van der Waals surface area (Å²) in [4.78, 5) is 7.99. The highest BCUT2D eigenvalue weighted by Crippen LogP contribution is 2.02. The van der Waals surface area contributed by atoms with Crippen LogP contribution in [0.2, 0.25) is 0 Å². The first-order chi connectivity index (χ1) is 6.33. The van der Waals surface area contributed by atoms with E-state index in [0.717, 1.165) is 11.4 Å². The number of aryl methyl sites for hydroxylation is 2. The number of hydrogen-bond acceptors (Lipinski definition) is 4. The van der Waals surface area contributed by atoms with Gasteiger partial charge < -0.3 is 0 Å². The van der Waals surface area contributed by atoms with Crippen molar-refractivity contribution >= 4 is 22.7 Å². The van der Waals surface area contributed by atoms with Gasteiger partial charge in [-0.2, -0.15) is 0 Å². The van der Waals surface area contributed by atoms with Gasteiger partial charge in [0.25, 0.3) is 0 Å². The Morgan fingerprint density at radius 3 is 2.08 bits per heavy atom. The third kappa shape index (κ3) is 4.15. The first kappa shape index (κ1) is 10.3. The number of thiazole rings is 2. The van der Waals surface area contributed by atoms with Gasteiger partial charge in [-0.1, -0.05) is 6.92 Å². The maximum atomic E-state index is 4.05. The molecule has 0 amide bonds. The minimum atomic E-state index is 1.07. The molecule has 0 saturated heterocycles. The Kier molecular flexibility index (Phi) is 4.64. The number of rotatable bonds is 1. The molecule has 2 rings (SSSR count). The van der Waals surface area contributed by atoms with Crippen LogP contribution in [0.25, 0.3) is 0 Å². The molecule has 0 aliphatic heterocycles. The van der Waals surface area contributed by atoms with Crippen molar-refractivity contribution in [1.29, 1.82) is 0 Å². The maximum absolute atomic E-state index is 4.05. The van der Waals surface area contributed by atoms with Crippen LogP contribution in [-0.2, 0) is 6.42 Å². The molecule has 0 aliphatic rings. The predicted octanol–water partition coefficient (Wildman–Crippen LogP) is 3.16. The Morgan fingerprint density at radius 1 is 1.15 bits per heavy atom. The second kappa shape index (κ2) is 5.83. The highest BCUT2D eigenvalue weighted by atomic mass is 32.1. The number of nitrogens with zero attached hydrogens (tertiary/aromatic N) is 2. The third-order valence-electron chi connectivity index (χ3n) is 1.34. The fourth-order valence-corrected chi connectivity index (χ4v) is 1.73. The van der Waals surface area contributed by atoms with E-state index in [0.29, 0.717) is 0 Å². The largest absolute Gasteiger partial charge is 0.250 e. The van der Waals surface area contributed by atoms with Gasteiger partial charge in [0.1, 0.15) is 0 Å². The van der Waals surface area contributed by atoms with Gasteiger partial charge in [-0.15, -0.1) is 22.7 Å². The van der Waals surface area contributed by atoms with Crippen LogP contribution >= 0.6 is 22.7 Å². The SMILES string of the molecule is CCc1nccs1.Cc1nccs1. The summed E-state index contributed by atoms with van der Waals surface area (Å²) in [6, 6.07) is 0. The summed E-state index contributed by atoms with van der Waals surface area (Å²) in [6.45, 7) is 4.10. The molecule has 0 aliphatic carbocycles. The van der Waals surface area contributed by atoms with Crippen molar-refractivity contribution in [2.24, 2.45) is 0 Å². The summed E-state index contributed by atoms with van der Waals surface area (Å²) in [6.07, 6.45) is 4.71. The molecule has 2 aromatic rings.